The highest BCUT2D eigenvalue weighted by molar-refractivity contribution is 7.92. The third-order valence-electron chi connectivity index (χ3n) is 3.21. The van der Waals surface area contributed by atoms with E-state index in [0.29, 0.717) is 23.0 Å². The Morgan fingerprint density at radius 1 is 1.00 bits per heavy atom. The lowest BCUT2D eigenvalue weighted by atomic mass is 10.2. The van der Waals surface area contributed by atoms with Crippen LogP contribution in [0.25, 0.3) is 0 Å². The van der Waals surface area contributed by atoms with E-state index in [0.717, 1.165) is 12.1 Å². The SMILES string of the molecule is Cc1cc(Nc2ccc(NS(=O)(=O)c3ccc(F)cc3C)nn2)no1. The highest BCUT2D eigenvalue weighted by atomic mass is 32.2. The number of benzene rings is 1. The molecule has 25 heavy (non-hydrogen) atoms. The largest absolute Gasteiger partial charge is 0.360 e. The zero-order chi connectivity index (χ0) is 18.0. The molecule has 10 heteroatoms. The average Bonchev–Trinajstić information content (AvgIpc) is 2.93. The van der Waals surface area contributed by atoms with Gasteiger partial charge in [-0.05, 0) is 49.7 Å². The molecule has 0 unspecified atom stereocenters. The molecule has 0 saturated carbocycles. The lowest BCUT2D eigenvalue weighted by Crippen LogP contribution is -2.15. The molecule has 0 spiro atoms. The van der Waals surface area contributed by atoms with E-state index in [-0.39, 0.29) is 10.7 Å². The third kappa shape index (κ3) is 3.91. The second-order valence-electron chi connectivity index (χ2n) is 5.27. The van der Waals surface area contributed by atoms with Crippen LogP contribution in [0, 0.1) is 19.7 Å². The Kier molecular flexibility index (Phi) is 4.36. The number of aryl methyl sites for hydroxylation is 2. The Morgan fingerprint density at radius 2 is 1.72 bits per heavy atom. The fraction of sp³-hybridized carbons (Fsp3) is 0.133. The molecule has 3 rings (SSSR count). The molecule has 8 nitrogen and oxygen atoms in total. The Labute approximate surface area is 143 Å². The van der Waals surface area contributed by atoms with Crippen molar-refractivity contribution >= 4 is 27.5 Å². The number of halogens is 1. The van der Waals surface area contributed by atoms with Crippen molar-refractivity contribution in [1.82, 2.24) is 15.4 Å². The van der Waals surface area contributed by atoms with Gasteiger partial charge in [-0.2, -0.15) is 0 Å². The zero-order valence-electron chi connectivity index (χ0n) is 13.3. The number of rotatable bonds is 5. The van der Waals surface area contributed by atoms with E-state index in [1.165, 1.54) is 25.1 Å². The average molecular weight is 363 g/mol. The normalized spacial score (nSPS) is 11.3. The molecule has 0 fully saturated rings. The van der Waals surface area contributed by atoms with E-state index in [4.69, 9.17) is 4.52 Å². The van der Waals surface area contributed by atoms with Crippen LogP contribution in [0.2, 0.25) is 0 Å². The van der Waals surface area contributed by atoms with E-state index >= 15 is 0 Å². The van der Waals surface area contributed by atoms with Gasteiger partial charge in [-0.25, -0.2) is 12.8 Å². The van der Waals surface area contributed by atoms with Crippen LogP contribution in [0.5, 0.6) is 0 Å². The fourth-order valence-corrected chi connectivity index (χ4v) is 3.34. The van der Waals surface area contributed by atoms with Crippen LogP contribution in [0.3, 0.4) is 0 Å². The molecule has 0 radical (unpaired) electrons. The van der Waals surface area contributed by atoms with E-state index in [2.05, 4.69) is 25.4 Å². The summed E-state index contributed by atoms with van der Waals surface area (Å²) in [5.41, 5.74) is 0.292. The molecule has 0 aliphatic rings. The van der Waals surface area contributed by atoms with Crippen molar-refractivity contribution in [2.45, 2.75) is 18.7 Å². The van der Waals surface area contributed by atoms with Crippen LogP contribution < -0.4 is 10.0 Å². The lowest BCUT2D eigenvalue weighted by Gasteiger charge is -2.09. The molecular weight excluding hydrogens is 349 g/mol. The minimum atomic E-state index is -3.90. The van der Waals surface area contributed by atoms with E-state index in [9.17, 15) is 12.8 Å². The predicted octanol–water partition coefficient (Wildman–Crippen LogP) is 2.76. The van der Waals surface area contributed by atoms with E-state index < -0.39 is 15.8 Å². The molecular formula is C15H14FN5O3S. The lowest BCUT2D eigenvalue weighted by molar-refractivity contribution is 0.400. The number of aromatic nitrogens is 3. The van der Waals surface area contributed by atoms with Crippen molar-refractivity contribution in [3.8, 4) is 0 Å². The number of nitrogens with zero attached hydrogens (tertiary/aromatic N) is 3. The molecule has 0 saturated heterocycles. The first-order valence-corrected chi connectivity index (χ1v) is 8.65. The van der Waals surface area contributed by atoms with Gasteiger partial charge in [-0.1, -0.05) is 5.16 Å². The second-order valence-corrected chi connectivity index (χ2v) is 6.92. The molecule has 2 N–H and O–H groups in total. The van der Waals surface area contributed by atoms with Gasteiger partial charge in [0.15, 0.2) is 17.5 Å². The maximum atomic E-state index is 13.1. The van der Waals surface area contributed by atoms with Crippen LogP contribution in [-0.4, -0.2) is 23.8 Å². The number of hydrogen-bond acceptors (Lipinski definition) is 7. The standard InChI is InChI=1S/C15H14FN5O3S/c1-9-7-11(16)3-4-12(9)25(22,23)21-14-6-5-13(18-19-14)17-15-8-10(2)24-20-15/h3-8H,1-2H3,(H,19,21)(H,17,18,20). The molecule has 0 atom stereocenters. The minimum absolute atomic E-state index is 0.0315. The van der Waals surface area contributed by atoms with Crippen molar-refractivity contribution in [3.63, 3.8) is 0 Å². The Morgan fingerprint density at radius 3 is 2.32 bits per heavy atom. The first-order chi connectivity index (χ1) is 11.8. The number of nitrogens with one attached hydrogen (secondary N) is 2. The fourth-order valence-electron chi connectivity index (χ4n) is 2.12. The van der Waals surface area contributed by atoms with Gasteiger partial charge in [0.25, 0.3) is 10.0 Å². The highest BCUT2D eigenvalue weighted by Crippen LogP contribution is 2.20. The smallest absolute Gasteiger partial charge is 0.263 e. The summed E-state index contributed by atoms with van der Waals surface area (Å²) in [7, 11) is -3.90. The molecule has 0 aliphatic heterocycles. The van der Waals surface area contributed by atoms with Crippen LogP contribution in [0.1, 0.15) is 11.3 Å². The Bertz CT molecular complexity index is 1000. The summed E-state index contributed by atoms with van der Waals surface area (Å²) in [5.74, 6) is 0.992. The predicted molar refractivity (Wildman–Crippen MR) is 88.5 cm³/mol. The van der Waals surface area contributed by atoms with Gasteiger partial charge in [0.05, 0.1) is 4.90 Å². The summed E-state index contributed by atoms with van der Waals surface area (Å²) in [6.45, 7) is 3.26. The molecule has 1 aromatic carbocycles. The van der Waals surface area contributed by atoms with Crippen molar-refractivity contribution in [2.24, 2.45) is 0 Å². The molecule has 2 heterocycles. The molecule has 2 aromatic heterocycles. The van der Waals surface area contributed by atoms with Crippen LogP contribution in [0.15, 0.2) is 45.8 Å². The van der Waals surface area contributed by atoms with E-state index in [1.54, 1.807) is 13.0 Å². The molecule has 0 bridgehead atoms. The van der Waals surface area contributed by atoms with Gasteiger partial charge < -0.3 is 9.84 Å². The van der Waals surface area contributed by atoms with Crippen LogP contribution in [0.4, 0.5) is 21.8 Å². The summed E-state index contributed by atoms with van der Waals surface area (Å²) in [6.07, 6.45) is 0. The van der Waals surface area contributed by atoms with Gasteiger partial charge >= 0.3 is 0 Å². The summed E-state index contributed by atoms with van der Waals surface area (Å²) in [5, 5.41) is 14.3. The number of hydrogen-bond donors (Lipinski definition) is 2. The zero-order valence-corrected chi connectivity index (χ0v) is 14.1. The van der Waals surface area contributed by atoms with Gasteiger partial charge in [-0.3, -0.25) is 4.72 Å². The molecule has 0 amide bonds. The Hall–Kier alpha value is -3.01. The molecule has 130 valence electrons. The minimum Gasteiger partial charge on any atom is -0.360 e. The van der Waals surface area contributed by atoms with Gasteiger partial charge in [0.2, 0.25) is 0 Å². The highest BCUT2D eigenvalue weighted by Gasteiger charge is 2.18. The summed E-state index contributed by atoms with van der Waals surface area (Å²) in [4.78, 5) is -0.0315. The van der Waals surface area contributed by atoms with Crippen LogP contribution >= 0.6 is 0 Å². The Balaban J connectivity index is 1.76. The van der Waals surface area contributed by atoms with Gasteiger partial charge in [0, 0.05) is 6.07 Å². The quantitative estimate of drug-likeness (QED) is 0.717. The van der Waals surface area contributed by atoms with Crippen molar-refractivity contribution in [2.75, 3.05) is 10.0 Å². The first kappa shape index (κ1) is 16.8. The van der Waals surface area contributed by atoms with Crippen molar-refractivity contribution in [1.29, 1.82) is 0 Å². The number of anilines is 3. The van der Waals surface area contributed by atoms with Gasteiger partial charge in [0.1, 0.15) is 11.6 Å². The summed E-state index contributed by atoms with van der Waals surface area (Å²) < 4.78 is 45.1. The topological polar surface area (TPSA) is 110 Å². The van der Waals surface area contributed by atoms with E-state index in [1.807, 2.05) is 0 Å². The summed E-state index contributed by atoms with van der Waals surface area (Å²) in [6, 6.07) is 8.08. The first-order valence-electron chi connectivity index (χ1n) is 7.16. The van der Waals surface area contributed by atoms with Gasteiger partial charge in [-0.15, -0.1) is 10.2 Å². The van der Waals surface area contributed by atoms with Crippen molar-refractivity contribution < 1.29 is 17.3 Å². The summed E-state index contributed by atoms with van der Waals surface area (Å²) >= 11 is 0. The molecule has 3 aromatic rings. The third-order valence-corrected chi connectivity index (χ3v) is 4.73. The van der Waals surface area contributed by atoms with Crippen molar-refractivity contribution in [3.05, 3.63) is 53.5 Å². The monoisotopic (exact) mass is 363 g/mol. The number of sulfonamides is 1. The maximum absolute atomic E-state index is 13.1. The maximum Gasteiger partial charge on any atom is 0.263 e. The van der Waals surface area contributed by atoms with Crippen LogP contribution in [-0.2, 0) is 10.0 Å². The molecule has 0 aliphatic carbocycles. The second kappa shape index (κ2) is 6.48.